The predicted octanol–water partition coefficient (Wildman–Crippen LogP) is 6.27. The molecular weight excluding hydrogens is 429 g/mol. The monoisotopic (exact) mass is 441 g/mol. The van der Waals surface area contributed by atoms with Crippen LogP contribution in [0.15, 0.2) is 59.0 Å². The number of hydrogen-bond acceptors (Lipinski definition) is 5. The molecule has 1 amide bonds. The molecule has 150 valence electrons. The lowest BCUT2D eigenvalue weighted by atomic mass is 10.1. The third-order valence-electron chi connectivity index (χ3n) is 4.56. The van der Waals surface area contributed by atoms with E-state index < -0.39 is 10.8 Å². The number of halogens is 2. The summed E-state index contributed by atoms with van der Waals surface area (Å²) in [6.45, 7) is 1.52. The number of carbonyl (C=O) groups is 1. The second-order valence-electron chi connectivity index (χ2n) is 6.49. The van der Waals surface area contributed by atoms with E-state index in [1.54, 1.807) is 36.4 Å². The van der Waals surface area contributed by atoms with Crippen LogP contribution in [0.1, 0.15) is 15.9 Å². The first-order valence-corrected chi connectivity index (χ1v) is 9.50. The molecule has 0 atom stereocenters. The zero-order valence-corrected chi connectivity index (χ0v) is 17.0. The van der Waals surface area contributed by atoms with Gasteiger partial charge in [0.15, 0.2) is 5.58 Å². The number of carbonyl (C=O) groups excluding carboxylic acids is 1. The average Bonchev–Trinajstić information content (AvgIpc) is 3.12. The van der Waals surface area contributed by atoms with Gasteiger partial charge in [0.05, 0.1) is 15.6 Å². The van der Waals surface area contributed by atoms with Crippen molar-refractivity contribution in [2.45, 2.75) is 6.92 Å². The summed E-state index contributed by atoms with van der Waals surface area (Å²) in [6, 6.07) is 14.4. The highest BCUT2D eigenvalue weighted by atomic mass is 35.5. The molecule has 0 aliphatic heterocycles. The van der Waals surface area contributed by atoms with Crippen molar-refractivity contribution in [1.82, 2.24) is 4.98 Å². The van der Waals surface area contributed by atoms with Crippen LogP contribution < -0.4 is 5.32 Å². The summed E-state index contributed by atoms with van der Waals surface area (Å²) in [7, 11) is 0. The number of amides is 1. The quantitative estimate of drug-likeness (QED) is 0.297. The Labute approximate surface area is 180 Å². The molecule has 3 aromatic carbocycles. The number of aromatic nitrogens is 1. The molecule has 4 aromatic rings. The lowest BCUT2D eigenvalue weighted by molar-refractivity contribution is -0.385. The number of nitro benzene ring substituents is 1. The van der Waals surface area contributed by atoms with Crippen LogP contribution in [0.3, 0.4) is 0 Å². The Hall–Kier alpha value is -3.42. The molecule has 0 saturated heterocycles. The fraction of sp³-hybridized carbons (Fsp3) is 0.0476. The summed E-state index contributed by atoms with van der Waals surface area (Å²) in [6.07, 6.45) is 0. The number of nitro groups is 1. The maximum absolute atomic E-state index is 12.7. The van der Waals surface area contributed by atoms with Gasteiger partial charge in [-0.1, -0.05) is 29.3 Å². The van der Waals surface area contributed by atoms with Gasteiger partial charge >= 0.3 is 0 Å². The Morgan fingerprint density at radius 2 is 1.93 bits per heavy atom. The number of fused-ring (bicyclic) bond motifs is 1. The molecule has 9 heteroatoms. The standard InChI is InChI=1S/C21H13Cl2N3O4/c1-11-14(3-2-4-18(11)26(28)29)20(27)24-16-9-12(5-7-15(16)23)21-25-17-10-13(22)6-8-19(17)30-21/h2-10H,1H3,(H,24,27). The second-order valence-corrected chi connectivity index (χ2v) is 7.33. The van der Waals surface area contributed by atoms with Crippen molar-refractivity contribution in [1.29, 1.82) is 0 Å². The van der Waals surface area contributed by atoms with Crippen LogP contribution >= 0.6 is 23.2 Å². The predicted molar refractivity (Wildman–Crippen MR) is 115 cm³/mol. The average molecular weight is 442 g/mol. The Morgan fingerprint density at radius 1 is 1.13 bits per heavy atom. The molecule has 1 N–H and O–H groups in total. The van der Waals surface area contributed by atoms with Gasteiger partial charge in [-0.2, -0.15) is 0 Å². The molecule has 0 aliphatic carbocycles. The van der Waals surface area contributed by atoms with E-state index in [4.69, 9.17) is 27.6 Å². The summed E-state index contributed by atoms with van der Waals surface area (Å²) < 4.78 is 5.75. The normalized spacial score (nSPS) is 10.9. The zero-order valence-electron chi connectivity index (χ0n) is 15.5. The van der Waals surface area contributed by atoms with Crippen LogP contribution in [0, 0.1) is 17.0 Å². The minimum Gasteiger partial charge on any atom is -0.436 e. The highest BCUT2D eigenvalue weighted by Crippen LogP contribution is 2.32. The summed E-state index contributed by atoms with van der Waals surface area (Å²) >= 11 is 12.2. The van der Waals surface area contributed by atoms with Gasteiger partial charge in [0.25, 0.3) is 11.6 Å². The van der Waals surface area contributed by atoms with Gasteiger partial charge in [-0.3, -0.25) is 14.9 Å². The smallest absolute Gasteiger partial charge is 0.273 e. The van der Waals surface area contributed by atoms with E-state index in [9.17, 15) is 14.9 Å². The van der Waals surface area contributed by atoms with Crippen molar-refractivity contribution in [3.05, 3.63) is 85.9 Å². The van der Waals surface area contributed by atoms with E-state index in [-0.39, 0.29) is 16.8 Å². The number of hydrogen-bond donors (Lipinski definition) is 1. The highest BCUT2D eigenvalue weighted by Gasteiger charge is 2.19. The lowest BCUT2D eigenvalue weighted by Crippen LogP contribution is -2.14. The summed E-state index contributed by atoms with van der Waals surface area (Å²) in [5, 5.41) is 14.7. The number of nitrogens with one attached hydrogen (secondary N) is 1. The molecule has 0 saturated carbocycles. The fourth-order valence-corrected chi connectivity index (χ4v) is 3.37. The summed E-state index contributed by atoms with van der Waals surface area (Å²) in [5.74, 6) is -0.175. The van der Waals surface area contributed by atoms with Crippen molar-refractivity contribution in [3.63, 3.8) is 0 Å². The first-order valence-electron chi connectivity index (χ1n) is 8.75. The molecule has 7 nitrogen and oxygen atoms in total. The second kappa shape index (κ2) is 7.78. The SMILES string of the molecule is Cc1c(C(=O)Nc2cc(-c3nc4cc(Cl)ccc4o3)ccc2Cl)cccc1[N+](=O)[O-]. The Balaban J connectivity index is 1.68. The maximum Gasteiger partial charge on any atom is 0.273 e. The van der Waals surface area contributed by atoms with Crippen LogP contribution in [-0.2, 0) is 0 Å². The number of oxazole rings is 1. The van der Waals surface area contributed by atoms with E-state index in [2.05, 4.69) is 10.3 Å². The van der Waals surface area contributed by atoms with Crippen LogP contribution in [0.5, 0.6) is 0 Å². The summed E-state index contributed by atoms with van der Waals surface area (Å²) in [4.78, 5) is 27.8. The van der Waals surface area contributed by atoms with E-state index in [0.717, 1.165) is 0 Å². The van der Waals surface area contributed by atoms with Crippen molar-refractivity contribution < 1.29 is 14.1 Å². The number of benzene rings is 3. The van der Waals surface area contributed by atoms with Crippen molar-refractivity contribution in [2.24, 2.45) is 0 Å². The maximum atomic E-state index is 12.7. The minimum atomic E-state index is -0.529. The van der Waals surface area contributed by atoms with Gasteiger partial charge < -0.3 is 9.73 Å². The van der Waals surface area contributed by atoms with Gasteiger partial charge in [-0.25, -0.2) is 4.98 Å². The fourth-order valence-electron chi connectivity index (χ4n) is 3.04. The first-order chi connectivity index (χ1) is 14.3. The molecule has 1 aromatic heterocycles. The van der Waals surface area contributed by atoms with Gasteiger partial charge in [0.2, 0.25) is 5.89 Å². The molecule has 0 radical (unpaired) electrons. The highest BCUT2D eigenvalue weighted by molar-refractivity contribution is 6.34. The number of rotatable bonds is 4. The van der Waals surface area contributed by atoms with Crippen LogP contribution in [-0.4, -0.2) is 15.8 Å². The molecule has 0 unspecified atom stereocenters. The first kappa shape index (κ1) is 19.9. The molecule has 30 heavy (non-hydrogen) atoms. The Morgan fingerprint density at radius 3 is 2.70 bits per heavy atom. The molecular formula is C21H13Cl2N3O4. The topological polar surface area (TPSA) is 98.3 Å². The van der Waals surface area contributed by atoms with Gasteiger partial charge in [-0.15, -0.1) is 0 Å². The number of anilines is 1. The van der Waals surface area contributed by atoms with E-state index in [1.807, 2.05) is 0 Å². The largest absolute Gasteiger partial charge is 0.436 e. The van der Waals surface area contributed by atoms with Crippen molar-refractivity contribution in [3.8, 4) is 11.5 Å². The van der Waals surface area contributed by atoms with Crippen LogP contribution in [0.2, 0.25) is 10.0 Å². The van der Waals surface area contributed by atoms with Gasteiger partial charge in [0.1, 0.15) is 5.52 Å². The Bertz CT molecular complexity index is 1320. The third-order valence-corrected chi connectivity index (χ3v) is 5.12. The van der Waals surface area contributed by atoms with E-state index in [1.165, 1.54) is 25.1 Å². The summed E-state index contributed by atoms with van der Waals surface area (Å²) in [5.41, 5.74) is 2.41. The molecule has 0 fully saturated rings. The van der Waals surface area contributed by atoms with E-state index >= 15 is 0 Å². The Kier molecular flexibility index (Phi) is 5.15. The van der Waals surface area contributed by atoms with Crippen LogP contribution in [0.25, 0.3) is 22.6 Å². The molecule has 4 rings (SSSR count). The van der Waals surface area contributed by atoms with Gasteiger partial charge in [-0.05, 0) is 49.4 Å². The molecule has 0 spiro atoms. The van der Waals surface area contributed by atoms with Crippen LogP contribution in [0.4, 0.5) is 11.4 Å². The van der Waals surface area contributed by atoms with E-state index in [0.29, 0.717) is 38.3 Å². The molecule has 0 aliphatic rings. The molecule has 0 bridgehead atoms. The molecule has 1 heterocycles. The third kappa shape index (κ3) is 3.72. The minimum absolute atomic E-state index is 0.132. The van der Waals surface area contributed by atoms with Crippen molar-refractivity contribution >= 4 is 51.6 Å². The lowest BCUT2D eigenvalue weighted by Gasteiger charge is -2.10. The number of nitrogens with zero attached hydrogens (tertiary/aromatic N) is 2. The zero-order chi connectivity index (χ0) is 21.4. The van der Waals surface area contributed by atoms with Crippen molar-refractivity contribution in [2.75, 3.05) is 5.32 Å². The van der Waals surface area contributed by atoms with Gasteiger partial charge in [0, 0.05) is 27.8 Å².